The number of aromatic nitrogens is 3. The maximum absolute atomic E-state index is 4.70. The number of imidazole rings is 1. The highest BCUT2D eigenvalue weighted by molar-refractivity contribution is 5.76. The summed E-state index contributed by atoms with van der Waals surface area (Å²) in [6, 6.07) is 10.3. The van der Waals surface area contributed by atoms with Crippen molar-refractivity contribution in [2.24, 2.45) is 0 Å². The molecule has 2 heterocycles. The molecule has 0 bridgehead atoms. The molecule has 0 amide bonds. The van der Waals surface area contributed by atoms with Crippen LogP contribution in [0.3, 0.4) is 0 Å². The average molecular weight is 266 g/mol. The van der Waals surface area contributed by atoms with Crippen LogP contribution in [0, 0.1) is 0 Å². The summed E-state index contributed by atoms with van der Waals surface area (Å²) in [5.74, 6) is 1.04. The maximum atomic E-state index is 4.70. The standard InChI is InChI=1S/C16H18N4/c1-2-3-9-18-16-15(13-7-5-4-6-8-13)19-14-12-17-10-11-20(14)16/h4-8,10-12,18H,2-3,9H2,1H3. The summed E-state index contributed by atoms with van der Waals surface area (Å²) in [5.41, 5.74) is 2.97. The molecule has 4 heteroatoms. The van der Waals surface area contributed by atoms with Gasteiger partial charge in [0.2, 0.25) is 0 Å². The van der Waals surface area contributed by atoms with Crippen molar-refractivity contribution in [3.63, 3.8) is 0 Å². The average Bonchev–Trinajstić information content (AvgIpc) is 2.87. The molecule has 0 aliphatic rings. The van der Waals surface area contributed by atoms with Crippen molar-refractivity contribution in [1.29, 1.82) is 0 Å². The van der Waals surface area contributed by atoms with E-state index in [9.17, 15) is 0 Å². The first-order chi connectivity index (χ1) is 9.90. The molecule has 0 fully saturated rings. The smallest absolute Gasteiger partial charge is 0.157 e. The predicted octanol–water partition coefficient (Wildman–Crippen LogP) is 3.61. The van der Waals surface area contributed by atoms with E-state index in [0.717, 1.165) is 35.7 Å². The van der Waals surface area contributed by atoms with E-state index in [0.29, 0.717) is 0 Å². The van der Waals surface area contributed by atoms with Crippen LogP contribution in [0.5, 0.6) is 0 Å². The van der Waals surface area contributed by atoms with E-state index in [4.69, 9.17) is 4.98 Å². The van der Waals surface area contributed by atoms with Crippen molar-refractivity contribution in [2.45, 2.75) is 19.8 Å². The topological polar surface area (TPSA) is 42.2 Å². The lowest BCUT2D eigenvalue weighted by Crippen LogP contribution is -2.04. The van der Waals surface area contributed by atoms with E-state index < -0.39 is 0 Å². The molecule has 1 N–H and O–H groups in total. The Bertz CT molecular complexity index is 688. The number of benzene rings is 1. The molecule has 0 spiro atoms. The summed E-state index contributed by atoms with van der Waals surface area (Å²) in [7, 11) is 0. The first kappa shape index (κ1) is 12.7. The minimum Gasteiger partial charge on any atom is -0.369 e. The fraction of sp³-hybridized carbons (Fsp3) is 0.250. The summed E-state index contributed by atoms with van der Waals surface area (Å²) >= 11 is 0. The van der Waals surface area contributed by atoms with Gasteiger partial charge < -0.3 is 5.32 Å². The Kier molecular flexibility index (Phi) is 3.63. The van der Waals surface area contributed by atoms with Gasteiger partial charge in [0.25, 0.3) is 0 Å². The summed E-state index contributed by atoms with van der Waals surface area (Å²) in [6.45, 7) is 3.14. The van der Waals surface area contributed by atoms with E-state index in [1.807, 2.05) is 24.4 Å². The van der Waals surface area contributed by atoms with Crippen LogP contribution in [0.4, 0.5) is 5.82 Å². The molecule has 102 valence electrons. The van der Waals surface area contributed by atoms with Gasteiger partial charge in [-0.05, 0) is 6.42 Å². The van der Waals surface area contributed by atoms with Gasteiger partial charge >= 0.3 is 0 Å². The van der Waals surface area contributed by atoms with Gasteiger partial charge in [-0.2, -0.15) is 0 Å². The summed E-state index contributed by atoms with van der Waals surface area (Å²) in [6.07, 6.45) is 7.84. The second-order valence-corrected chi connectivity index (χ2v) is 4.76. The SMILES string of the molecule is CCCCNc1c(-c2ccccc2)nc2cnccn12. The molecule has 0 saturated heterocycles. The molecular formula is C16H18N4. The second kappa shape index (κ2) is 5.74. The van der Waals surface area contributed by atoms with Crippen LogP contribution in [0.1, 0.15) is 19.8 Å². The van der Waals surface area contributed by atoms with E-state index in [2.05, 4.69) is 33.8 Å². The summed E-state index contributed by atoms with van der Waals surface area (Å²) < 4.78 is 2.06. The van der Waals surface area contributed by atoms with Crippen molar-refractivity contribution in [1.82, 2.24) is 14.4 Å². The monoisotopic (exact) mass is 266 g/mol. The van der Waals surface area contributed by atoms with Crippen molar-refractivity contribution in [2.75, 3.05) is 11.9 Å². The second-order valence-electron chi connectivity index (χ2n) is 4.76. The number of hydrogen-bond acceptors (Lipinski definition) is 3. The highest BCUT2D eigenvalue weighted by atomic mass is 15.1. The van der Waals surface area contributed by atoms with Crippen LogP contribution in [0.25, 0.3) is 16.9 Å². The molecule has 0 aliphatic heterocycles. The fourth-order valence-corrected chi connectivity index (χ4v) is 2.26. The Morgan fingerprint density at radius 3 is 2.85 bits per heavy atom. The van der Waals surface area contributed by atoms with Crippen LogP contribution < -0.4 is 5.32 Å². The van der Waals surface area contributed by atoms with Gasteiger partial charge in [0.1, 0.15) is 11.5 Å². The Balaban J connectivity index is 2.08. The van der Waals surface area contributed by atoms with Gasteiger partial charge in [0, 0.05) is 24.5 Å². The number of fused-ring (bicyclic) bond motifs is 1. The van der Waals surface area contributed by atoms with E-state index in [-0.39, 0.29) is 0 Å². The first-order valence-electron chi connectivity index (χ1n) is 7.01. The van der Waals surface area contributed by atoms with Crippen LogP contribution >= 0.6 is 0 Å². The Morgan fingerprint density at radius 1 is 1.20 bits per heavy atom. The van der Waals surface area contributed by atoms with Gasteiger partial charge in [-0.15, -0.1) is 0 Å². The van der Waals surface area contributed by atoms with Crippen molar-refractivity contribution in [3.8, 4) is 11.3 Å². The summed E-state index contributed by atoms with van der Waals surface area (Å²) in [4.78, 5) is 8.85. The third-order valence-electron chi connectivity index (χ3n) is 3.30. The molecule has 3 aromatic rings. The van der Waals surface area contributed by atoms with Gasteiger partial charge in [-0.25, -0.2) is 4.98 Å². The lowest BCUT2D eigenvalue weighted by molar-refractivity contribution is 0.830. The molecule has 4 nitrogen and oxygen atoms in total. The van der Waals surface area contributed by atoms with Gasteiger partial charge in [-0.1, -0.05) is 43.7 Å². The molecule has 0 aliphatic carbocycles. The van der Waals surface area contributed by atoms with E-state index in [1.54, 1.807) is 12.4 Å². The van der Waals surface area contributed by atoms with Gasteiger partial charge in [0.15, 0.2) is 5.65 Å². The van der Waals surface area contributed by atoms with Crippen LogP contribution in [-0.4, -0.2) is 20.9 Å². The number of nitrogens with zero attached hydrogens (tertiary/aromatic N) is 3. The third kappa shape index (κ3) is 2.37. The molecular weight excluding hydrogens is 248 g/mol. The number of unbranched alkanes of at least 4 members (excludes halogenated alkanes) is 1. The highest BCUT2D eigenvalue weighted by Gasteiger charge is 2.13. The van der Waals surface area contributed by atoms with Gasteiger partial charge in [0.05, 0.1) is 6.20 Å². The fourth-order valence-electron chi connectivity index (χ4n) is 2.26. The molecule has 20 heavy (non-hydrogen) atoms. The van der Waals surface area contributed by atoms with Crippen molar-refractivity contribution >= 4 is 11.5 Å². The van der Waals surface area contributed by atoms with Crippen molar-refractivity contribution in [3.05, 3.63) is 48.9 Å². The highest BCUT2D eigenvalue weighted by Crippen LogP contribution is 2.28. The Labute approximate surface area is 118 Å². The molecule has 0 atom stereocenters. The normalized spacial score (nSPS) is 10.8. The largest absolute Gasteiger partial charge is 0.369 e. The number of hydrogen-bond donors (Lipinski definition) is 1. The predicted molar refractivity (Wildman–Crippen MR) is 81.8 cm³/mol. The van der Waals surface area contributed by atoms with E-state index in [1.165, 1.54) is 6.42 Å². The van der Waals surface area contributed by atoms with Crippen LogP contribution in [0.15, 0.2) is 48.9 Å². The third-order valence-corrected chi connectivity index (χ3v) is 3.30. The minimum atomic E-state index is 0.866. The maximum Gasteiger partial charge on any atom is 0.157 e. The van der Waals surface area contributed by atoms with Gasteiger partial charge in [-0.3, -0.25) is 9.38 Å². The zero-order valence-corrected chi connectivity index (χ0v) is 11.6. The zero-order valence-electron chi connectivity index (χ0n) is 11.6. The molecule has 3 rings (SSSR count). The minimum absolute atomic E-state index is 0.866. The lowest BCUT2D eigenvalue weighted by atomic mass is 10.1. The van der Waals surface area contributed by atoms with E-state index >= 15 is 0 Å². The van der Waals surface area contributed by atoms with Crippen LogP contribution in [0.2, 0.25) is 0 Å². The summed E-state index contributed by atoms with van der Waals surface area (Å²) in [5, 5.41) is 3.51. The van der Waals surface area contributed by atoms with Crippen molar-refractivity contribution < 1.29 is 0 Å². The molecule has 0 radical (unpaired) electrons. The number of anilines is 1. The zero-order chi connectivity index (χ0) is 13.8. The lowest BCUT2D eigenvalue weighted by Gasteiger charge is -2.07. The molecule has 2 aromatic heterocycles. The van der Waals surface area contributed by atoms with Crippen LogP contribution in [-0.2, 0) is 0 Å². The molecule has 1 aromatic carbocycles. The number of rotatable bonds is 5. The Hall–Kier alpha value is -2.36. The molecule has 0 unspecified atom stereocenters. The Morgan fingerprint density at radius 2 is 2.05 bits per heavy atom. The quantitative estimate of drug-likeness (QED) is 0.717. The first-order valence-corrected chi connectivity index (χ1v) is 7.01. The number of nitrogens with one attached hydrogen (secondary N) is 1. The molecule has 0 saturated carbocycles.